The van der Waals surface area contributed by atoms with Crippen LogP contribution in [0.1, 0.15) is 37.1 Å². The summed E-state index contributed by atoms with van der Waals surface area (Å²) in [5.74, 6) is 0. The predicted octanol–water partition coefficient (Wildman–Crippen LogP) is 2.75. The van der Waals surface area contributed by atoms with Gasteiger partial charge >= 0.3 is 0 Å². The summed E-state index contributed by atoms with van der Waals surface area (Å²) in [4.78, 5) is 3.70. The summed E-state index contributed by atoms with van der Waals surface area (Å²) in [6.07, 6.45) is 3.19. The van der Waals surface area contributed by atoms with Crippen molar-refractivity contribution in [1.82, 2.24) is 4.90 Å². The molecule has 0 aliphatic carbocycles. The standard InChI is InChI=1S/C13H21BrN2OS/c1-2-11(15)13(12-6-9(14)8-18-12)16-5-3-4-10(16)7-17/h6,8,10-11,13,17H,2-5,7,15H2,1H3. The molecule has 1 aliphatic heterocycles. The van der Waals surface area contributed by atoms with Gasteiger partial charge in [-0.25, -0.2) is 0 Å². The van der Waals surface area contributed by atoms with E-state index in [2.05, 4.69) is 39.2 Å². The zero-order chi connectivity index (χ0) is 13.1. The SMILES string of the molecule is CCC(N)C(c1cc(Br)cs1)N1CCCC1CO. The maximum Gasteiger partial charge on any atom is 0.0596 e. The van der Waals surface area contributed by atoms with E-state index in [0.29, 0.717) is 0 Å². The van der Waals surface area contributed by atoms with Crippen molar-refractivity contribution in [2.75, 3.05) is 13.2 Å². The van der Waals surface area contributed by atoms with Gasteiger partial charge in [0.25, 0.3) is 0 Å². The molecule has 1 saturated heterocycles. The second-order valence-corrected chi connectivity index (χ2v) is 6.76. The topological polar surface area (TPSA) is 49.5 Å². The van der Waals surface area contributed by atoms with E-state index in [-0.39, 0.29) is 24.7 Å². The molecular weight excluding hydrogens is 312 g/mol. The number of nitrogens with two attached hydrogens (primary N) is 1. The lowest BCUT2D eigenvalue weighted by Gasteiger charge is -2.35. The first-order valence-corrected chi connectivity index (χ1v) is 8.20. The Hall–Kier alpha value is 0.0600. The molecule has 0 aromatic carbocycles. The lowest BCUT2D eigenvalue weighted by atomic mass is 10.0. The first-order valence-electron chi connectivity index (χ1n) is 6.53. The minimum absolute atomic E-state index is 0.127. The Labute approximate surface area is 121 Å². The van der Waals surface area contributed by atoms with Crippen LogP contribution >= 0.6 is 27.3 Å². The van der Waals surface area contributed by atoms with Crippen LogP contribution in [0.3, 0.4) is 0 Å². The molecule has 1 aromatic rings. The Bertz CT molecular complexity index is 385. The van der Waals surface area contributed by atoms with Crippen molar-refractivity contribution >= 4 is 27.3 Å². The van der Waals surface area contributed by atoms with E-state index in [4.69, 9.17) is 5.73 Å². The summed E-state index contributed by atoms with van der Waals surface area (Å²) in [5, 5.41) is 11.6. The number of aliphatic hydroxyl groups is 1. The van der Waals surface area contributed by atoms with Crippen molar-refractivity contribution in [2.24, 2.45) is 5.73 Å². The van der Waals surface area contributed by atoms with Gasteiger partial charge in [0.15, 0.2) is 0 Å². The molecule has 0 radical (unpaired) electrons. The fourth-order valence-electron chi connectivity index (χ4n) is 2.75. The van der Waals surface area contributed by atoms with Gasteiger partial charge in [0, 0.05) is 26.8 Å². The average molecular weight is 333 g/mol. The zero-order valence-electron chi connectivity index (χ0n) is 10.7. The van der Waals surface area contributed by atoms with Crippen LogP contribution in [-0.4, -0.2) is 35.2 Å². The van der Waals surface area contributed by atoms with Gasteiger partial charge in [-0.1, -0.05) is 6.92 Å². The van der Waals surface area contributed by atoms with Crippen molar-refractivity contribution in [3.8, 4) is 0 Å². The van der Waals surface area contributed by atoms with E-state index in [1.807, 2.05) is 0 Å². The Morgan fingerprint density at radius 2 is 2.44 bits per heavy atom. The van der Waals surface area contributed by atoms with Crippen molar-refractivity contribution in [3.05, 3.63) is 20.8 Å². The largest absolute Gasteiger partial charge is 0.395 e. The molecule has 3 atom stereocenters. The van der Waals surface area contributed by atoms with Gasteiger partial charge in [0.2, 0.25) is 0 Å². The number of aliphatic hydroxyl groups excluding tert-OH is 1. The van der Waals surface area contributed by atoms with Crippen molar-refractivity contribution in [3.63, 3.8) is 0 Å². The molecule has 0 spiro atoms. The minimum Gasteiger partial charge on any atom is -0.395 e. The second-order valence-electron chi connectivity index (χ2n) is 4.90. The van der Waals surface area contributed by atoms with Crippen LogP contribution < -0.4 is 5.73 Å². The molecule has 0 saturated carbocycles. The molecule has 18 heavy (non-hydrogen) atoms. The lowest BCUT2D eigenvalue weighted by Crippen LogP contribution is -2.44. The fraction of sp³-hybridized carbons (Fsp3) is 0.692. The van der Waals surface area contributed by atoms with Gasteiger partial charge in [0.1, 0.15) is 0 Å². The van der Waals surface area contributed by atoms with Gasteiger partial charge in [-0.2, -0.15) is 0 Å². The molecule has 2 heterocycles. The lowest BCUT2D eigenvalue weighted by molar-refractivity contribution is 0.106. The Kier molecular flexibility index (Phi) is 5.21. The molecule has 3 N–H and O–H groups in total. The van der Waals surface area contributed by atoms with Crippen LogP contribution in [0.5, 0.6) is 0 Å². The number of halogens is 1. The van der Waals surface area contributed by atoms with E-state index < -0.39 is 0 Å². The summed E-state index contributed by atoms with van der Waals surface area (Å²) in [6, 6.07) is 2.81. The molecule has 3 nitrogen and oxygen atoms in total. The number of nitrogens with zero attached hydrogens (tertiary/aromatic N) is 1. The van der Waals surface area contributed by atoms with Crippen LogP contribution in [0.4, 0.5) is 0 Å². The monoisotopic (exact) mass is 332 g/mol. The maximum atomic E-state index is 9.50. The van der Waals surface area contributed by atoms with Gasteiger partial charge in [0.05, 0.1) is 12.6 Å². The van der Waals surface area contributed by atoms with Crippen LogP contribution in [0, 0.1) is 0 Å². The smallest absolute Gasteiger partial charge is 0.0596 e. The van der Waals surface area contributed by atoms with Gasteiger partial charge in [-0.15, -0.1) is 11.3 Å². The highest BCUT2D eigenvalue weighted by molar-refractivity contribution is 9.10. The van der Waals surface area contributed by atoms with Gasteiger partial charge in [-0.3, -0.25) is 4.90 Å². The first kappa shape index (κ1) is 14.5. The van der Waals surface area contributed by atoms with Gasteiger partial charge in [-0.05, 0) is 47.8 Å². The number of likely N-dealkylation sites (tertiary alicyclic amines) is 1. The normalized spacial score (nSPS) is 24.3. The quantitative estimate of drug-likeness (QED) is 0.871. The van der Waals surface area contributed by atoms with Crippen LogP contribution in [0.25, 0.3) is 0 Å². The molecular formula is C13H21BrN2OS. The predicted molar refractivity (Wildman–Crippen MR) is 79.8 cm³/mol. The molecule has 3 unspecified atom stereocenters. The highest BCUT2D eigenvalue weighted by Gasteiger charge is 2.34. The number of hydrogen-bond donors (Lipinski definition) is 2. The summed E-state index contributed by atoms with van der Waals surface area (Å²) in [6.45, 7) is 3.41. The highest BCUT2D eigenvalue weighted by atomic mass is 79.9. The number of rotatable bonds is 5. The zero-order valence-corrected chi connectivity index (χ0v) is 13.1. The summed E-state index contributed by atoms with van der Waals surface area (Å²) < 4.78 is 1.12. The molecule has 1 aromatic heterocycles. The summed E-state index contributed by atoms with van der Waals surface area (Å²) in [7, 11) is 0. The molecule has 1 fully saturated rings. The molecule has 1 aliphatic rings. The van der Waals surface area contributed by atoms with Crippen molar-refractivity contribution in [2.45, 2.75) is 44.3 Å². The van der Waals surface area contributed by atoms with E-state index in [9.17, 15) is 5.11 Å². The summed E-state index contributed by atoms with van der Waals surface area (Å²) in [5.41, 5.74) is 6.32. The van der Waals surface area contributed by atoms with Crippen LogP contribution in [0.2, 0.25) is 0 Å². The Morgan fingerprint density at radius 1 is 1.67 bits per heavy atom. The average Bonchev–Trinajstić information content (AvgIpc) is 2.99. The van der Waals surface area contributed by atoms with Crippen molar-refractivity contribution in [1.29, 1.82) is 0 Å². The molecule has 5 heteroatoms. The van der Waals surface area contributed by atoms with E-state index in [1.165, 1.54) is 4.88 Å². The molecule has 2 rings (SSSR count). The Morgan fingerprint density at radius 3 is 3.00 bits per heavy atom. The minimum atomic E-state index is 0.127. The Balaban J connectivity index is 2.25. The van der Waals surface area contributed by atoms with Crippen LogP contribution in [-0.2, 0) is 0 Å². The number of hydrogen-bond acceptors (Lipinski definition) is 4. The van der Waals surface area contributed by atoms with E-state index >= 15 is 0 Å². The summed E-state index contributed by atoms with van der Waals surface area (Å²) >= 11 is 5.26. The third kappa shape index (κ3) is 2.96. The first-order chi connectivity index (χ1) is 8.67. The highest BCUT2D eigenvalue weighted by Crippen LogP contribution is 2.36. The third-order valence-electron chi connectivity index (χ3n) is 3.75. The third-order valence-corrected chi connectivity index (χ3v) is 5.51. The fourth-order valence-corrected chi connectivity index (χ4v) is 4.39. The molecule has 102 valence electrons. The molecule has 0 bridgehead atoms. The number of thiophene rings is 1. The second kappa shape index (κ2) is 6.48. The van der Waals surface area contributed by atoms with Gasteiger partial charge < -0.3 is 10.8 Å². The molecule has 0 amide bonds. The van der Waals surface area contributed by atoms with E-state index in [1.54, 1.807) is 11.3 Å². The maximum absolute atomic E-state index is 9.50. The van der Waals surface area contributed by atoms with E-state index in [0.717, 1.165) is 30.3 Å². The van der Waals surface area contributed by atoms with Crippen molar-refractivity contribution < 1.29 is 5.11 Å². The van der Waals surface area contributed by atoms with Crippen LogP contribution in [0.15, 0.2) is 15.9 Å².